The lowest BCUT2D eigenvalue weighted by Gasteiger charge is -2.31. The van der Waals surface area contributed by atoms with Gasteiger partial charge in [0.15, 0.2) is 0 Å². The SMILES string of the molecule is COc1cc(-c2csc3c(C=CCCN4CCC(NC(=O)O)CC4)cnc(N)c23)ccc1NC(=O)c1cc2ccccc2n1C. The van der Waals surface area contributed by atoms with Crippen molar-refractivity contribution < 1.29 is 19.4 Å². The van der Waals surface area contributed by atoms with E-state index in [4.69, 9.17) is 15.6 Å². The molecule has 5 aromatic rings. The van der Waals surface area contributed by atoms with E-state index in [9.17, 15) is 9.59 Å². The third-order valence-corrected chi connectivity index (χ3v) is 9.45. The monoisotopic (exact) mass is 624 g/mol. The number of nitrogens with two attached hydrogens (primary N) is 1. The number of aryl methyl sites for hydroxylation is 1. The number of carbonyl (C=O) groups excluding carboxylic acids is 1. The standard InChI is InChI=1S/C34H36N6O4S/c1-39-27-9-4-3-7-22(27)17-28(39)33(41)38-26-11-10-21(18-29(26)44-2)25-20-45-31-23(19-36-32(35)30(25)31)8-5-6-14-40-15-12-24(13-16-40)37-34(42)43/h3-5,7-11,17-20,24,37H,6,12-16H2,1-2H3,(H2,35,36)(H,38,41)(H,42,43). The van der Waals surface area contributed by atoms with Crippen LogP contribution in [0.25, 0.3) is 38.2 Å². The first kappa shape index (κ1) is 30.2. The van der Waals surface area contributed by atoms with Gasteiger partial charge in [0.1, 0.15) is 17.3 Å². The number of hydrogen-bond acceptors (Lipinski definition) is 7. The Balaban J connectivity index is 1.17. The number of benzene rings is 2. The molecule has 1 aliphatic heterocycles. The molecule has 1 aliphatic rings. The minimum Gasteiger partial charge on any atom is -0.495 e. The van der Waals surface area contributed by atoms with Crippen LogP contribution >= 0.6 is 11.3 Å². The van der Waals surface area contributed by atoms with Crippen LogP contribution in [0.15, 0.2) is 66.2 Å². The van der Waals surface area contributed by atoms with E-state index in [-0.39, 0.29) is 11.9 Å². The number of nitrogens with zero attached hydrogens (tertiary/aromatic N) is 3. The highest BCUT2D eigenvalue weighted by Crippen LogP contribution is 2.41. The molecule has 0 spiro atoms. The van der Waals surface area contributed by atoms with Crippen LogP contribution in [0.2, 0.25) is 0 Å². The third-order valence-electron chi connectivity index (χ3n) is 8.42. The summed E-state index contributed by atoms with van der Waals surface area (Å²) in [4.78, 5) is 31.0. The lowest BCUT2D eigenvalue weighted by molar-refractivity contribution is 0.101. The van der Waals surface area contributed by atoms with Crippen LogP contribution < -0.4 is 21.1 Å². The molecule has 1 fully saturated rings. The molecule has 5 N–H and O–H groups in total. The quantitative estimate of drug-likeness (QED) is 0.148. The Bertz CT molecular complexity index is 1900. The molecular weight excluding hydrogens is 588 g/mol. The number of thiophene rings is 1. The number of nitrogen functional groups attached to an aromatic ring is 1. The van der Waals surface area contributed by atoms with Gasteiger partial charge in [-0.15, -0.1) is 11.3 Å². The van der Waals surface area contributed by atoms with Crippen LogP contribution in [-0.2, 0) is 7.05 Å². The van der Waals surface area contributed by atoms with Crippen molar-refractivity contribution in [2.24, 2.45) is 7.05 Å². The molecule has 2 aromatic carbocycles. The van der Waals surface area contributed by atoms with E-state index in [1.165, 1.54) is 0 Å². The van der Waals surface area contributed by atoms with Gasteiger partial charge in [-0.3, -0.25) is 4.79 Å². The topological polar surface area (TPSA) is 135 Å². The molecule has 4 heterocycles. The molecule has 0 atom stereocenters. The second-order valence-corrected chi connectivity index (χ2v) is 12.1. The fourth-order valence-corrected chi connectivity index (χ4v) is 7.09. The van der Waals surface area contributed by atoms with Gasteiger partial charge in [-0.2, -0.15) is 0 Å². The van der Waals surface area contributed by atoms with Gasteiger partial charge in [0, 0.05) is 71.0 Å². The van der Waals surface area contributed by atoms with Gasteiger partial charge >= 0.3 is 6.09 Å². The fraction of sp³-hybridized carbons (Fsp3) is 0.265. The molecule has 11 heteroatoms. The van der Waals surface area contributed by atoms with E-state index in [0.29, 0.717) is 22.9 Å². The zero-order valence-electron chi connectivity index (χ0n) is 25.2. The average Bonchev–Trinajstić information content (AvgIpc) is 3.64. The number of likely N-dealkylation sites (tertiary alicyclic amines) is 1. The summed E-state index contributed by atoms with van der Waals surface area (Å²) >= 11 is 1.62. The van der Waals surface area contributed by atoms with Crippen molar-refractivity contribution in [3.05, 3.63) is 77.4 Å². The highest BCUT2D eigenvalue weighted by Gasteiger charge is 2.20. The number of amides is 2. The van der Waals surface area contributed by atoms with Gasteiger partial charge in [-0.25, -0.2) is 9.78 Å². The summed E-state index contributed by atoms with van der Waals surface area (Å²) in [6.07, 6.45) is 7.66. The van der Waals surface area contributed by atoms with Crippen molar-refractivity contribution in [2.75, 3.05) is 37.8 Å². The molecule has 232 valence electrons. The summed E-state index contributed by atoms with van der Waals surface area (Å²) < 4.78 is 8.65. The minimum absolute atomic E-state index is 0.0430. The molecule has 6 rings (SSSR count). The van der Waals surface area contributed by atoms with Gasteiger partial charge in [0.25, 0.3) is 5.91 Å². The van der Waals surface area contributed by atoms with Crippen molar-refractivity contribution in [3.8, 4) is 16.9 Å². The van der Waals surface area contributed by atoms with E-state index in [2.05, 4.69) is 38.0 Å². The summed E-state index contributed by atoms with van der Waals surface area (Å²) in [6, 6.07) is 15.5. The van der Waals surface area contributed by atoms with Crippen molar-refractivity contribution in [2.45, 2.75) is 25.3 Å². The second kappa shape index (κ2) is 13.0. The number of methoxy groups -OCH3 is 1. The maximum absolute atomic E-state index is 13.2. The number of fused-ring (bicyclic) bond motifs is 2. The maximum Gasteiger partial charge on any atom is 0.404 e. The Kier molecular flexibility index (Phi) is 8.72. The van der Waals surface area contributed by atoms with Gasteiger partial charge < -0.3 is 35.7 Å². The molecule has 2 amide bonds. The second-order valence-electron chi connectivity index (χ2n) is 11.2. The normalized spacial score (nSPS) is 14.4. The number of pyridine rings is 1. The lowest BCUT2D eigenvalue weighted by Crippen LogP contribution is -2.44. The molecule has 1 saturated heterocycles. The molecule has 0 bridgehead atoms. The van der Waals surface area contributed by atoms with Crippen LogP contribution in [0.5, 0.6) is 5.75 Å². The van der Waals surface area contributed by atoms with Gasteiger partial charge in [-0.05, 0) is 54.5 Å². The summed E-state index contributed by atoms with van der Waals surface area (Å²) in [5.74, 6) is 0.790. The number of nitrogens with one attached hydrogen (secondary N) is 2. The number of carbonyl (C=O) groups is 2. The number of rotatable bonds is 9. The first-order valence-electron chi connectivity index (χ1n) is 14.9. The highest BCUT2D eigenvalue weighted by atomic mass is 32.1. The van der Waals surface area contributed by atoms with Gasteiger partial charge in [0.05, 0.1) is 12.8 Å². The van der Waals surface area contributed by atoms with Crippen molar-refractivity contribution in [1.82, 2.24) is 19.8 Å². The fourth-order valence-electron chi connectivity index (χ4n) is 6.02. The first-order chi connectivity index (χ1) is 21.8. The maximum atomic E-state index is 13.2. The van der Waals surface area contributed by atoms with Gasteiger partial charge in [0.2, 0.25) is 0 Å². The molecule has 0 aliphatic carbocycles. The van der Waals surface area contributed by atoms with Crippen molar-refractivity contribution in [3.63, 3.8) is 0 Å². The molecule has 3 aromatic heterocycles. The molecule has 45 heavy (non-hydrogen) atoms. The summed E-state index contributed by atoms with van der Waals surface area (Å²) in [7, 11) is 3.47. The van der Waals surface area contributed by atoms with E-state index < -0.39 is 6.09 Å². The number of ether oxygens (including phenoxy) is 1. The van der Waals surface area contributed by atoms with E-state index in [0.717, 1.165) is 76.6 Å². The molecule has 0 saturated carbocycles. The number of hydrogen-bond donors (Lipinski definition) is 4. The largest absolute Gasteiger partial charge is 0.495 e. The predicted molar refractivity (Wildman–Crippen MR) is 181 cm³/mol. The Morgan fingerprint density at radius 3 is 2.73 bits per heavy atom. The summed E-state index contributed by atoms with van der Waals surface area (Å²) in [5.41, 5.74) is 11.4. The number of anilines is 2. The Labute approximate surface area is 265 Å². The molecular formula is C34H36N6O4S. The van der Waals surface area contributed by atoms with Gasteiger partial charge in [-0.1, -0.05) is 36.4 Å². The Morgan fingerprint density at radius 1 is 1.18 bits per heavy atom. The Hall–Kier alpha value is -4.87. The highest BCUT2D eigenvalue weighted by molar-refractivity contribution is 7.18. The molecule has 0 radical (unpaired) electrons. The van der Waals surface area contributed by atoms with E-state index in [1.54, 1.807) is 18.4 Å². The van der Waals surface area contributed by atoms with Crippen LogP contribution in [0, 0.1) is 0 Å². The number of para-hydroxylation sites is 1. The lowest BCUT2D eigenvalue weighted by atomic mass is 10.0. The predicted octanol–water partition coefficient (Wildman–Crippen LogP) is 6.43. The van der Waals surface area contributed by atoms with Crippen LogP contribution in [-0.4, -0.2) is 64.3 Å². The average molecular weight is 625 g/mol. The Morgan fingerprint density at radius 2 is 1.98 bits per heavy atom. The summed E-state index contributed by atoms with van der Waals surface area (Å²) in [5, 5.41) is 18.5. The van der Waals surface area contributed by atoms with Crippen LogP contribution in [0.1, 0.15) is 35.3 Å². The summed E-state index contributed by atoms with van der Waals surface area (Å²) in [6.45, 7) is 2.69. The van der Waals surface area contributed by atoms with E-state index >= 15 is 0 Å². The number of piperidine rings is 1. The molecule has 10 nitrogen and oxygen atoms in total. The zero-order chi connectivity index (χ0) is 31.5. The first-order valence-corrected chi connectivity index (χ1v) is 15.8. The van der Waals surface area contributed by atoms with E-state index in [1.807, 2.05) is 66.3 Å². The van der Waals surface area contributed by atoms with Crippen LogP contribution in [0.4, 0.5) is 16.3 Å². The third kappa shape index (κ3) is 6.36. The smallest absolute Gasteiger partial charge is 0.404 e. The van der Waals surface area contributed by atoms with Crippen molar-refractivity contribution >= 4 is 61.9 Å². The van der Waals surface area contributed by atoms with Crippen molar-refractivity contribution in [1.29, 1.82) is 0 Å². The number of aromatic nitrogens is 2. The minimum atomic E-state index is -0.950. The zero-order valence-corrected chi connectivity index (χ0v) is 26.1. The number of carboxylic acid groups (broad SMARTS) is 1. The molecule has 0 unspecified atom stereocenters. The van der Waals surface area contributed by atoms with Crippen LogP contribution in [0.3, 0.4) is 0 Å².